The van der Waals surface area contributed by atoms with Crippen LogP contribution >= 0.6 is 0 Å². The van der Waals surface area contributed by atoms with E-state index in [-0.39, 0.29) is 23.7 Å². The summed E-state index contributed by atoms with van der Waals surface area (Å²) in [5.41, 5.74) is 0.766. The fourth-order valence-corrected chi connectivity index (χ4v) is 1.65. The van der Waals surface area contributed by atoms with Gasteiger partial charge in [-0.25, -0.2) is 4.98 Å². The van der Waals surface area contributed by atoms with Crippen LogP contribution in [0.15, 0.2) is 48.5 Å². The second kappa shape index (κ2) is 5.91. The minimum Gasteiger partial charge on any atom is -0.481 e. The highest BCUT2D eigenvalue weighted by Crippen LogP contribution is 2.11. The molecule has 0 amide bonds. The molecular weight excluding hydrogens is 242 g/mol. The van der Waals surface area contributed by atoms with Crippen molar-refractivity contribution in [2.45, 2.75) is 6.42 Å². The van der Waals surface area contributed by atoms with Gasteiger partial charge in [-0.2, -0.15) is 0 Å². The van der Waals surface area contributed by atoms with E-state index >= 15 is 0 Å². The standard InChI is InChI=1S/C15H13NO3/c1-19-15-9-5-8-12(16-15)14(18)10-13(17)11-6-3-2-4-7-11/h2-9H,10H2,1H3. The lowest BCUT2D eigenvalue weighted by molar-refractivity contribution is 0.0891. The average molecular weight is 255 g/mol. The maximum atomic E-state index is 12.0. The van der Waals surface area contributed by atoms with Crippen LogP contribution in [0.2, 0.25) is 0 Å². The first kappa shape index (κ1) is 13.0. The number of nitrogens with zero attached hydrogens (tertiary/aromatic N) is 1. The van der Waals surface area contributed by atoms with Gasteiger partial charge in [0.25, 0.3) is 0 Å². The molecule has 0 atom stereocenters. The molecule has 4 nitrogen and oxygen atoms in total. The summed E-state index contributed by atoms with van der Waals surface area (Å²) in [6.07, 6.45) is -0.190. The Kier molecular flexibility index (Phi) is 4.03. The SMILES string of the molecule is COc1cccc(C(=O)CC(=O)c2ccccc2)n1. The summed E-state index contributed by atoms with van der Waals surface area (Å²) in [6.45, 7) is 0. The molecule has 96 valence electrons. The van der Waals surface area contributed by atoms with Crippen LogP contribution in [0.3, 0.4) is 0 Å². The number of hydrogen-bond acceptors (Lipinski definition) is 4. The van der Waals surface area contributed by atoms with Crippen molar-refractivity contribution in [2.24, 2.45) is 0 Å². The minimum absolute atomic E-state index is 0.190. The first-order valence-corrected chi connectivity index (χ1v) is 5.83. The fourth-order valence-electron chi connectivity index (χ4n) is 1.65. The number of aromatic nitrogens is 1. The molecule has 0 aliphatic rings. The number of rotatable bonds is 5. The predicted molar refractivity (Wildman–Crippen MR) is 70.5 cm³/mol. The Morgan fingerprint density at radius 2 is 1.74 bits per heavy atom. The van der Waals surface area contributed by atoms with Crippen LogP contribution in [0.4, 0.5) is 0 Å². The van der Waals surface area contributed by atoms with Crippen LogP contribution < -0.4 is 4.74 Å². The lowest BCUT2D eigenvalue weighted by Gasteiger charge is -2.03. The molecule has 1 aromatic carbocycles. The second-order valence-electron chi connectivity index (χ2n) is 3.95. The highest BCUT2D eigenvalue weighted by Gasteiger charge is 2.14. The van der Waals surface area contributed by atoms with Crippen LogP contribution in [-0.2, 0) is 0 Å². The van der Waals surface area contributed by atoms with Gasteiger partial charge in [-0.1, -0.05) is 36.4 Å². The van der Waals surface area contributed by atoms with E-state index in [4.69, 9.17) is 4.74 Å². The van der Waals surface area contributed by atoms with Crippen molar-refractivity contribution in [3.63, 3.8) is 0 Å². The molecule has 0 unspecified atom stereocenters. The van der Waals surface area contributed by atoms with Gasteiger partial charge in [0.05, 0.1) is 13.5 Å². The third-order valence-electron chi connectivity index (χ3n) is 2.64. The third-order valence-corrected chi connectivity index (χ3v) is 2.64. The minimum atomic E-state index is -0.312. The zero-order valence-corrected chi connectivity index (χ0v) is 10.5. The molecule has 0 saturated heterocycles. The molecular formula is C15H13NO3. The number of benzene rings is 1. The largest absolute Gasteiger partial charge is 0.481 e. The topological polar surface area (TPSA) is 56.3 Å². The fraction of sp³-hybridized carbons (Fsp3) is 0.133. The summed E-state index contributed by atoms with van der Waals surface area (Å²) in [7, 11) is 1.48. The number of ketones is 2. The smallest absolute Gasteiger partial charge is 0.213 e. The quantitative estimate of drug-likeness (QED) is 0.608. The van der Waals surface area contributed by atoms with Crippen molar-refractivity contribution < 1.29 is 14.3 Å². The van der Waals surface area contributed by atoms with Crippen LogP contribution in [0.1, 0.15) is 27.3 Å². The molecule has 0 fully saturated rings. The maximum absolute atomic E-state index is 12.0. The van der Waals surface area contributed by atoms with Crippen LogP contribution in [0.5, 0.6) is 5.88 Å². The van der Waals surface area contributed by atoms with Gasteiger partial charge in [0.1, 0.15) is 5.69 Å². The molecule has 1 heterocycles. The summed E-state index contributed by atoms with van der Waals surface area (Å²) in [4.78, 5) is 27.9. The first-order chi connectivity index (χ1) is 9.20. The highest BCUT2D eigenvalue weighted by molar-refractivity contribution is 6.12. The molecule has 4 heteroatoms. The van der Waals surface area contributed by atoms with Crippen molar-refractivity contribution >= 4 is 11.6 Å². The van der Waals surface area contributed by atoms with E-state index in [9.17, 15) is 9.59 Å². The first-order valence-electron chi connectivity index (χ1n) is 5.83. The Balaban J connectivity index is 2.11. The van der Waals surface area contributed by atoms with Gasteiger partial charge in [0, 0.05) is 11.6 Å². The van der Waals surface area contributed by atoms with Crippen molar-refractivity contribution in [2.75, 3.05) is 7.11 Å². The number of methoxy groups -OCH3 is 1. The number of hydrogen-bond donors (Lipinski definition) is 0. The summed E-state index contributed by atoms with van der Waals surface area (Å²) < 4.78 is 4.95. The summed E-state index contributed by atoms with van der Waals surface area (Å²) in [5, 5.41) is 0. The van der Waals surface area contributed by atoms with Crippen LogP contribution in [0, 0.1) is 0 Å². The van der Waals surface area contributed by atoms with E-state index in [2.05, 4.69) is 4.98 Å². The number of carbonyl (C=O) groups excluding carboxylic acids is 2. The van der Waals surface area contributed by atoms with Crippen molar-refractivity contribution in [1.82, 2.24) is 4.98 Å². The van der Waals surface area contributed by atoms with Crippen LogP contribution in [0.25, 0.3) is 0 Å². The van der Waals surface area contributed by atoms with Crippen molar-refractivity contribution in [3.8, 4) is 5.88 Å². The Bertz CT molecular complexity index is 593. The lowest BCUT2D eigenvalue weighted by atomic mass is 10.0. The van der Waals surface area contributed by atoms with E-state index in [0.29, 0.717) is 11.4 Å². The van der Waals surface area contributed by atoms with E-state index in [0.717, 1.165) is 0 Å². The molecule has 2 rings (SSSR count). The summed E-state index contributed by atoms with van der Waals surface area (Å²) in [6, 6.07) is 13.6. The number of Topliss-reactive ketones (excluding diaryl/α,β-unsaturated/α-hetero) is 2. The molecule has 0 radical (unpaired) electrons. The monoisotopic (exact) mass is 255 g/mol. The Morgan fingerprint density at radius 1 is 1.00 bits per heavy atom. The number of pyridine rings is 1. The molecule has 1 aromatic heterocycles. The van der Waals surface area contributed by atoms with Gasteiger partial charge in [-0.05, 0) is 6.07 Å². The maximum Gasteiger partial charge on any atom is 0.213 e. The molecule has 0 N–H and O–H groups in total. The number of carbonyl (C=O) groups is 2. The molecule has 0 aliphatic carbocycles. The van der Waals surface area contributed by atoms with Crippen LogP contribution in [-0.4, -0.2) is 23.7 Å². The number of ether oxygens (including phenoxy) is 1. The summed E-state index contributed by atoms with van der Waals surface area (Å²) >= 11 is 0. The zero-order chi connectivity index (χ0) is 13.7. The summed E-state index contributed by atoms with van der Waals surface area (Å²) in [5.74, 6) is -0.166. The van der Waals surface area contributed by atoms with E-state index in [1.54, 1.807) is 42.5 Å². The molecule has 0 bridgehead atoms. The van der Waals surface area contributed by atoms with Gasteiger partial charge in [-0.3, -0.25) is 9.59 Å². The molecule has 19 heavy (non-hydrogen) atoms. The Hall–Kier alpha value is -2.49. The van der Waals surface area contributed by atoms with E-state index in [1.807, 2.05) is 6.07 Å². The molecule has 2 aromatic rings. The van der Waals surface area contributed by atoms with Gasteiger partial charge in [0.15, 0.2) is 11.6 Å². The molecule has 0 spiro atoms. The van der Waals surface area contributed by atoms with Gasteiger partial charge in [-0.15, -0.1) is 0 Å². The highest BCUT2D eigenvalue weighted by atomic mass is 16.5. The zero-order valence-electron chi connectivity index (χ0n) is 10.5. The van der Waals surface area contributed by atoms with E-state index in [1.165, 1.54) is 7.11 Å². The third kappa shape index (κ3) is 3.25. The molecule has 0 aliphatic heterocycles. The van der Waals surface area contributed by atoms with Gasteiger partial charge >= 0.3 is 0 Å². The Labute approximate surface area is 111 Å². The van der Waals surface area contributed by atoms with Crippen molar-refractivity contribution in [1.29, 1.82) is 0 Å². The lowest BCUT2D eigenvalue weighted by Crippen LogP contribution is -2.10. The second-order valence-corrected chi connectivity index (χ2v) is 3.95. The Morgan fingerprint density at radius 3 is 2.42 bits per heavy atom. The molecule has 0 saturated carbocycles. The average Bonchev–Trinajstić information content (AvgIpc) is 2.48. The van der Waals surface area contributed by atoms with Gasteiger partial charge in [0.2, 0.25) is 5.88 Å². The van der Waals surface area contributed by atoms with Crippen molar-refractivity contribution in [3.05, 3.63) is 59.8 Å². The van der Waals surface area contributed by atoms with Gasteiger partial charge < -0.3 is 4.74 Å². The van der Waals surface area contributed by atoms with E-state index < -0.39 is 0 Å². The predicted octanol–water partition coefficient (Wildman–Crippen LogP) is 2.55. The normalized spacial score (nSPS) is 9.95.